The number of rotatable bonds is 3. The summed E-state index contributed by atoms with van der Waals surface area (Å²) in [5.74, 6) is -1.73. The molecule has 0 aliphatic rings. The van der Waals surface area contributed by atoms with Crippen LogP contribution in [0.15, 0.2) is 24.3 Å². The van der Waals surface area contributed by atoms with Gasteiger partial charge in [0.1, 0.15) is 5.82 Å². The predicted molar refractivity (Wildman–Crippen MR) is 60.3 cm³/mol. The third-order valence-corrected chi connectivity index (χ3v) is 2.46. The lowest BCUT2D eigenvalue weighted by Crippen LogP contribution is -1.98. The minimum atomic E-state index is -1.15. The third kappa shape index (κ3) is 2.04. The van der Waals surface area contributed by atoms with Gasteiger partial charge < -0.3 is 10.1 Å². The second-order valence-electron chi connectivity index (χ2n) is 3.55. The first kappa shape index (κ1) is 11.3. The third-order valence-electron chi connectivity index (χ3n) is 2.46. The summed E-state index contributed by atoms with van der Waals surface area (Å²) < 4.78 is 13.6. The largest absolute Gasteiger partial charge is 0.475 e. The van der Waals surface area contributed by atoms with Gasteiger partial charge in [-0.3, -0.25) is 0 Å². The molecule has 0 bridgehead atoms. The maximum absolute atomic E-state index is 13.6. The van der Waals surface area contributed by atoms with Crippen molar-refractivity contribution < 1.29 is 14.3 Å². The quantitative estimate of drug-likeness (QED) is 0.857. The Bertz CT molecular complexity index is 563. The predicted octanol–water partition coefficient (Wildman–Crippen LogP) is 2.48. The lowest BCUT2D eigenvalue weighted by Gasteiger charge is -2.01. The van der Waals surface area contributed by atoms with Gasteiger partial charge in [-0.15, -0.1) is 0 Å². The van der Waals surface area contributed by atoms with E-state index in [0.717, 1.165) is 0 Å². The van der Waals surface area contributed by atoms with E-state index in [4.69, 9.17) is 5.11 Å². The fraction of sp³-hybridized carbons (Fsp3) is 0.167. The van der Waals surface area contributed by atoms with E-state index in [9.17, 15) is 9.18 Å². The molecule has 17 heavy (non-hydrogen) atoms. The molecule has 1 aromatic heterocycles. The lowest BCUT2D eigenvalue weighted by atomic mass is 10.1. The van der Waals surface area contributed by atoms with E-state index < -0.39 is 11.8 Å². The van der Waals surface area contributed by atoms with Crippen molar-refractivity contribution in [1.82, 2.24) is 9.97 Å². The highest BCUT2D eigenvalue weighted by Crippen LogP contribution is 2.24. The van der Waals surface area contributed by atoms with Gasteiger partial charge in [0.15, 0.2) is 0 Å². The second-order valence-corrected chi connectivity index (χ2v) is 3.55. The van der Waals surface area contributed by atoms with E-state index in [1.54, 1.807) is 18.2 Å². The fourth-order valence-corrected chi connectivity index (χ4v) is 1.64. The Kier molecular flexibility index (Phi) is 2.91. The molecule has 1 heterocycles. The average molecular weight is 234 g/mol. The normalized spacial score (nSPS) is 10.5. The van der Waals surface area contributed by atoms with Gasteiger partial charge in [-0.2, -0.15) is 0 Å². The molecular formula is C12H11FN2O2. The molecule has 4 nitrogen and oxygen atoms in total. The SMILES string of the molecule is CCc1[nH]c(C(=O)O)nc1-c1ccccc1F. The molecule has 1 aromatic carbocycles. The zero-order valence-electron chi connectivity index (χ0n) is 9.20. The zero-order chi connectivity index (χ0) is 12.4. The molecule has 2 N–H and O–H groups in total. The summed E-state index contributed by atoms with van der Waals surface area (Å²) in [5, 5.41) is 8.85. The molecule has 0 radical (unpaired) electrons. The van der Waals surface area contributed by atoms with Crippen LogP contribution in [-0.2, 0) is 6.42 Å². The molecule has 0 amide bonds. The van der Waals surface area contributed by atoms with Gasteiger partial charge in [0.05, 0.1) is 5.69 Å². The molecule has 0 saturated heterocycles. The zero-order valence-corrected chi connectivity index (χ0v) is 9.20. The smallest absolute Gasteiger partial charge is 0.371 e. The van der Waals surface area contributed by atoms with Gasteiger partial charge in [-0.25, -0.2) is 14.2 Å². The number of nitrogens with one attached hydrogen (secondary N) is 1. The van der Waals surface area contributed by atoms with Crippen molar-refractivity contribution >= 4 is 5.97 Å². The van der Waals surface area contributed by atoms with Crippen LogP contribution < -0.4 is 0 Å². The van der Waals surface area contributed by atoms with Crippen LogP contribution in [0.4, 0.5) is 4.39 Å². The number of H-pyrrole nitrogens is 1. The average Bonchev–Trinajstić information content (AvgIpc) is 2.73. The minimum absolute atomic E-state index is 0.167. The standard InChI is InChI=1S/C12H11FN2O2/c1-2-9-10(15-11(14-9)12(16)17)7-5-3-4-6-8(7)13/h3-6H,2H2,1H3,(H,14,15)(H,16,17). The van der Waals surface area contributed by atoms with Crippen LogP contribution in [0, 0.1) is 5.82 Å². The van der Waals surface area contributed by atoms with Gasteiger partial charge in [0, 0.05) is 11.3 Å². The lowest BCUT2D eigenvalue weighted by molar-refractivity contribution is 0.0684. The van der Waals surface area contributed by atoms with Crippen LogP contribution in [0.3, 0.4) is 0 Å². The molecule has 5 heteroatoms. The van der Waals surface area contributed by atoms with E-state index in [2.05, 4.69) is 9.97 Å². The van der Waals surface area contributed by atoms with Gasteiger partial charge in [0.25, 0.3) is 0 Å². The number of aromatic amines is 1. The van der Waals surface area contributed by atoms with E-state index in [0.29, 0.717) is 23.4 Å². The monoisotopic (exact) mass is 234 g/mol. The Hall–Kier alpha value is -2.17. The molecule has 2 aromatic rings. The summed E-state index contributed by atoms with van der Waals surface area (Å²) in [5.41, 5.74) is 1.30. The summed E-state index contributed by atoms with van der Waals surface area (Å²) in [6, 6.07) is 6.17. The Balaban J connectivity index is 2.59. The summed E-state index contributed by atoms with van der Waals surface area (Å²) >= 11 is 0. The number of carbonyl (C=O) groups is 1. The van der Waals surface area contributed by atoms with E-state index in [1.165, 1.54) is 6.07 Å². The highest BCUT2D eigenvalue weighted by Gasteiger charge is 2.17. The Morgan fingerprint density at radius 1 is 1.47 bits per heavy atom. The summed E-state index contributed by atoms with van der Waals surface area (Å²) in [6.07, 6.45) is 0.559. The molecule has 0 spiro atoms. The van der Waals surface area contributed by atoms with Crippen molar-refractivity contribution in [3.8, 4) is 11.3 Å². The number of aromatic carboxylic acids is 1. The number of halogens is 1. The van der Waals surface area contributed by atoms with Gasteiger partial charge in [-0.1, -0.05) is 19.1 Å². The Morgan fingerprint density at radius 3 is 2.76 bits per heavy atom. The first-order chi connectivity index (χ1) is 8.13. The summed E-state index contributed by atoms with van der Waals surface area (Å²) in [6.45, 7) is 1.85. The number of carboxylic acids is 1. The first-order valence-corrected chi connectivity index (χ1v) is 5.20. The number of imidazole rings is 1. The molecule has 0 aliphatic heterocycles. The van der Waals surface area contributed by atoms with Crippen molar-refractivity contribution in [2.45, 2.75) is 13.3 Å². The number of hydrogen-bond donors (Lipinski definition) is 2. The van der Waals surface area contributed by atoms with Crippen LogP contribution in [0.5, 0.6) is 0 Å². The van der Waals surface area contributed by atoms with Gasteiger partial charge in [0.2, 0.25) is 5.82 Å². The van der Waals surface area contributed by atoms with Crippen LogP contribution in [0.25, 0.3) is 11.3 Å². The number of hydrogen-bond acceptors (Lipinski definition) is 2. The number of nitrogens with zero attached hydrogens (tertiary/aromatic N) is 1. The number of benzene rings is 1. The Morgan fingerprint density at radius 2 is 2.18 bits per heavy atom. The second kappa shape index (κ2) is 4.37. The van der Waals surface area contributed by atoms with Crippen molar-refractivity contribution in [3.05, 3.63) is 41.6 Å². The number of aromatic nitrogens is 2. The summed E-state index contributed by atoms with van der Waals surface area (Å²) in [4.78, 5) is 17.4. The maximum Gasteiger partial charge on any atom is 0.371 e. The van der Waals surface area contributed by atoms with Crippen LogP contribution in [0.2, 0.25) is 0 Å². The van der Waals surface area contributed by atoms with Crippen LogP contribution >= 0.6 is 0 Å². The fourth-order valence-electron chi connectivity index (χ4n) is 1.64. The van der Waals surface area contributed by atoms with Gasteiger partial charge >= 0.3 is 5.97 Å². The highest BCUT2D eigenvalue weighted by atomic mass is 19.1. The number of carboxylic acid groups (broad SMARTS) is 1. The molecule has 2 rings (SSSR count). The molecule has 0 fully saturated rings. The van der Waals surface area contributed by atoms with Crippen molar-refractivity contribution in [2.24, 2.45) is 0 Å². The van der Waals surface area contributed by atoms with Crippen molar-refractivity contribution in [1.29, 1.82) is 0 Å². The minimum Gasteiger partial charge on any atom is -0.475 e. The number of aryl methyl sites for hydroxylation is 1. The van der Waals surface area contributed by atoms with Crippen molar-refractivity contribution in [2.75, 3.05) is 0 Å². The van der Waals surface area contributed by atoms with E-state index in [-0.39, 0.29) is 5.82 Å². The molecule has 88 valence electrons. The van der Waals surface area contributed by atoms with E-state index >= 15 is 0 Å². The molecule has 0 atom stereocenters. The summed E-state index contributed by atoms with van der Waals surface area (Å²) in [7, 11) is 0. The highest BCUT2D eigenvalue weighted by molar-refractivity contribution is 5.84. The van der Waals surface area contributed by atoms with E-state index in [1.807, 2.05) is 6.92 Å². The maximum atomic E-state index is 13.6. The Labute approximate surface area is 97.1 Å². The first-order valence-electron chi connectivity index (χ1n) is 5.20. The van der Waals surface area contributed by atoms with Crippen LogP contribution in [0.1, 0.15) is 23.2 Å². The molecule has 0 aliphatic carbocycles. The molecule has 0 unspecified atom stereocenters. The van der Waals surface area contributed by atoms with Gasteiger partial charge in [-0.05, 0) is 18.6 Å². The van der Waals surface area contributed by atoms with Crippen LogP contribution in [-0.4, -0.2) is 21.0 Å². The van der Waals surface area contributed by atoms with Crippen molar-refractivity contribution in [3.63, 3.8) is 0 Å². The molecule has 0 saturated carbocycles. The topological polar surface area (TPSA) is 66.0 Å². The molecular weight excluding hydrogens is 223 g/mol.